The molecule has 0 aliphatic rings. The monoisotopic (exact) mass is 261 g/mol. The highest BCUT2D eigenvalue weighted by Crippen LogP contribution is 2.23. The molecule has 1 aromatic carbocycles. The lowest BCUT2D eigenvalue weighted by molar-refractivity contribution is 0.628. The molecule has 0 fully saturated rings. The summed E-state index contributed by atoms with van der Waals surface area (Å²) in [5.74, 6) is 1.10. The number of rotatable bonds is 5. The molecule has 0 saturated heterocycles. The maximum Gasteiger partial charge on any atom is 0.138 e. The third-order valence-corrected chi connectivity index (χ3v) is 2.64. The van der Waals surface area contributed by atoms with Crippen molar-refractivity contribution >= 4 is 17.3 Å². The van der Waals surface area contributed by atoms with E-state index in [-0.39, 0.29) is 5.82 Å². The number of nitrogens with one attached hydrogen (secondary N) is 1. The van der Waals surface area contributed by atoms with E-state index in [0.717, 1.165) is 5.69 Å². The molecule has 0 bridgehead atoms. The van der Waals surface area contributed by atoms with Crippen molar-refractivity contribution in [1.29, 1.82) is 0 Å². The third-order valence-electron chi connectivity index (χ3n) is 2.64. The predicted octanol–water partition coefficient (Wildman–Crippen LogP) is 1.75. The van der Waals surface area contributed by atoms with Crippen molar-refractivity contribution in [3.05, 3.63) is 42.5 Å². The lowest BCUT2D eigenvalue weighted by Crippen LogP contribution is -2.15. The zero-order valence-corrected chi connectivity index (χ0v) is 10.7. The molecule has 2 rings (SSSR count). The molecule has 1 aromatic heterocycles. The zero-order valence-electron chi connectivity index (χ0n) is 10.7. The van der Waals surface area contributed by atoms with Crippen molar-refractivity contribution in [3.63, 3.8) is 0 Å². The summed E-state index contributed by atoms with van der Waals surface area (Å²) in [6, 6.07) is 8.13. The lowest BCUT2D eigenvalue weighted by Gasteiger charge is -2.18. The van der Waals surface area contributed by atoms with Crippen LogP contribution in [0.3, 0.4) is 0 Å². The Hall–Kier alpha value is -2.21. The molecular weight excluding hydrogens is 245 g/mol. The van der Waals surface area contributed by atoms with Crippen molar-refractivity contribution < 1.29 is 4.39 Å². The van der Waals surface area contributed by atoms with Crippen LogP contribution in [0.2, 0.25) is 0 Å². The fourth-order valence-corrected chi connectivity index (χ4v) is 1.64. The largest absolute Gasteiger partial charge is 0.369 e. The second kappa shape index (κ2) is 6.10. The predicted molar refractivity (Wildman–Crippen MR) is 74.0 cm³/mol. The second-order valence-corrected chi connectivity index (χ2v) is 4.02. The summed E-state index contributed by atoms with van der Waals surface area (Å²) in [4.78, 5) is 10.1. The van der Waals surface area contributed by atoms with Crippen LogP contribution in [0.1, 0.15) is 0 Å². The number of anilines is 3. The summed E-state index contributed by atoms with van der Waals surface area (Å²) in [5.41, 5.74) is 6.15. The lowest BCUT2D eigenvalue weighted by atomic mass is 10.3. The van der Waals surface area contributed by atoms with E-state index in [1.165, 1.54) is 18.5 Å². The number of aromatic nitrogens is 2. The van der Waals surface area contributed by atoms with E-state index in [9.17, 15) is 4.39 Å². The zero-order chi connectivity index (χ0) is 13.7. The summed E-state index contributed by atoms with van der Waals surface area (Å²) in [7, 11) is 1.82. The maximum absolute atomic E-state index is 13.2. The Morgan fingerprint density at radius 3 is 2.89 bits per heavy atom. The fourth-order valence-electron chi connectivity index (χ4n) is 1.64. The first-order chi connectivity index (χ1) is 9.20. The fraction of sp³-hybridized carbons (Fsp3) is 0.231. The van der Waals surface area contributed by atoms with Gasteiger partial charge in [-0.3, -0.25) is 0 Å². The van der Waals surface area contributed by atoms with Gasteiger partial charge in [0.1, 0.15) is 23.8 Å². The summed E-state index contributed by atoms with van der Waals surface area (Å²) in [6.07, 6.45) is 1.46. The molecule has 19 heavy (non-hydrogen) atoms. The molecular formula is C13H16FN5. The van der Waals surface area contributed by atoms with Crippen LogP contribution in [-0.2, 0) is 0 Å². The summed E-state index contributed by atoms with van der Waals surface area (Å²) in [6.45, 7) is 1.17. The quantitative estimate of drug-likeness (QED) is 0.858. The topological polar surface area (TPSA) is 67.1 Å². The van der Waals surface area contributed by atoms with Gasteiger partial charge < -0.3 is 16.0 Å². The number of halogens is 1. The molecule has 3 N–H and O–H groups in total. The van der Waals surface area contributed by atoms with Crippen LogP contribution in [-0.4, -0.2) is 30.1 Å². The van der Waals surface area contributed by atoms with Gasteiger partial charge in [-0.05, 0) is 18.2 Å². The Labute approximate surface area is 111 Å². The van der Waals surface area contributed by atoms with Crippen molar-refractivity contribution in [2.24, 2.45) is 5.73 Å². The Morgan fingerprint density at radius 2 is 2.16 bits per heavy atom. The van der Waals surface area contributed by atoms with Crippen molar-refractivity contribution in [2.45, 2.75) is 0 Å². The first kappa shape index (κ1) is 13.2. The number of benzene rings is 1. The number of hydrogen-bond acceptors (Lipinski definition) is 5. The van der Waals surface area contributed by atoms with Crippen molar-refractivity contribution in [1.82, 2.24) is 9.97 Å². The van der Waals surface area contributed by atoms with Crippen LogP contribution in [0.4, 0.5) is 21.7 Å². The van der Waals surface area contributed by atoms with Gasteiger partial charge in [-0.1, -0.05) is 6.07 Å². The molecule has 0 radical (unpaired) electrons. The molecule has 5 nitrogen and oxygen atoms in total. The Bertz CT molecular complexity index is 546. The van der Waals surface area contributed by atoms with E-state index in [1.807, 2.05) is 13.1 Å². The molecule has 0 aliphatic carbocycles. The standard InChI is InChI=1S/C13H16FN5/c1-19(11-4-2-3-10(14)7-11)13-8-12(16-6-5-15)17-9-18-13/h2-4,7-9H,5-6,15H2,1H3,(H,16,17,18). The minimum absolute atomic E-state index is 0.278. The second-order valence-electron chi connectivity index (χ2n) is 4.02. The SMILES string of the molecule is CN(c1cccc(F)c1)c1cc(NCCN)ncn1. The van der Waals surface area contributed by atoms with Crippen molar-refractivity contribution in [3.8, 4) is 0 Å². The average Bonchev–Trinajstić information content (AvgIpc) is 2.44. The average molecular weight is 261 g/mol. The number of nitrogens with zero attached hydrogens (tertiary/aromatic N) is 3. The van der Waals surface area contributed by atoms with Crippen LogP contribution in [0, 0.1) is 5.82 Å². The van der Waals surface area contributed by atoms with Crippen LogP contribution < -0.4 is 16.0 Å². The first-order valence-corrected chi connectivity index (χ1v) is 5.96. The molecule has 0 saturated carbocycles. The summed E-state index contributed by atoms with van der Waals surface area (Å²) < 4.78 is 13.2. The van der Waals surface area contributed by atoms with Gasteiger partial charge in [-0.15, -0.1) is 0 Å². The Kier molecular flexibility index (Phi) is 4.25. The highest BCUT2D eigenvalue weighted by molar-refractivity contribution is 5.61. The van der Waals surface area contributed by atoms with Gasteiger partial charge in [0.15, 0.2) is 0 Å². The molecule has 0 spiro atoms. The highest BCUT2D eigenvalue weighted by Gasteiger charge is 2.07. The van der Waals surface area contributed by atoms with Crippen LogP contribution in [0.5, 0.6) is 0 Å². The smallest absolute Gasteiger partial charge is 0.138 e. The molecule has 0 atom stereocenters. The molecule has 0 aliphatic heterocycles. The molecule has 0 amide bonds. The van der Waals surface area contributed by atoms with Gasteiger partial charge in [-0.25, -0.2) is 14.4 Å². The Morgan fingerprint density at radius 1 is 1.32 bits per heavy atom. The minimum atomic E-state index is -0.278. The van der Waals surface area contributed by atoms with Gasteiger partial charge >= 0.3 is 0 Å². The van der Waals surface area contributed by atoms with Gasteiger partial charge in [0, 0.05) is 31.9 Å². The van der Waals surface area contributed by atoms with Crippen LogP contribution in [0.15, 0.2) is 36.7 Å². The van der Waals surface area contributed by atoms with E-state index in [1.54, 1.807) is 17.0 Å². The molecule has 100 valence electrons. The van der Waals surface area contributed by atoms with E-state index >= 15 is 0 Å². The van der Waals surface area contributed by atoms with Gasteiger partial charge in [0.2, 0.25) is 0 Å². The van der Waals surface area contributed by atoms with Gasteiger partial charge in [0.05, 0.1) is 0 Å². The summed E-state index contributed by atoms with van der Waals surface area (Å²) >= 11 is 0. The van der Waals surface area contributed by atoms with Gasteiger partial charge in [0.25, 0.3) is 0 Å². The van der Waals surface area contributed by atoms with Crippen LogP contribution in [0.25, 0.3) is 0 Å². The maximum atomic E-state index is 13.2. The minimum Gasteiger partial charge on any atom is -0.369 e. The van der Waals surface area contributed by atoms with Crippen molar-refractivity contribution in [2.75, 3.05) is 30.4 Å². The van der Waals surface area contributed by atoms with E-state index in [0.29, 0.717) is 24.7 Å². The van der Waals surface area contributed by atoms with E-state index in [4.69, 9.17) is 5.73 Å². The summed E-state index contributed by atoms with van der Waals surface area (Å²) in [5, 5.41) is 3.08. The molecule has 2 aromatic rings. The third kappa shape index (κ3) is 3.38. The first-order valence-electron chi connectivity index (χ1n) is 5.96. The van der Waals surface area contributed by atoms with E-state index < -0.39 is 0 Å². The Balaban J connectivity index is 2.21. The normalized spacial score (nSPS) is 10.3. The highest BCUT2D eigenvalue weighted by atomic mass is 19.1. The number of nitrogens with two attached hydrogens (primary N) is 1. The molecule has 6 heteroatoms. The number of hydrogen-bond donors (Lipinski definition) is 2. The molecule has 1 heterocycles. The van der Waals surface area contributed by atoms with Crippen LogP contribution >= 0.6 is 0 Å². The van der Waals surface area contributed by atoms with E-state index in [2.05, 4.69) is 15.3 Å². The van der Waals surface area contributed by atoms with Gasteiger partial charge in [-0.2, -0.15) is 0 Å². The molecule has 0 unspecified atom stereocenters.